The Bertz CT molecular complexity index is 1390. The molecule has 166 valence electrons. The van der Waals surface area contributed by atoms with Crippen molar-refractivity contribution in [1.29, 1.82) is 0 Å². The number of H-pyrrole nitrogens is 1. The van der Waals surface area contributed by atoms with Crippen LogP contribution in [-0.4, -0.2) is 42.2 Å². The summed E-state index contributed by atoms with van der Waals surface area (Å²) in [4.78, 5) is 15.1. The monoisotopic (exact) mass is 438 g/mol. The first-order valence-electron chi connectivity index (χ1n) is 11.2. The van der Waals surface area contributed by atoms with E-state index in [2.05, 4.69) is 77.0 Å². The van der Waals surface area contributed by atoms with Crippen LogP contribution in [0.15, 0.2) is 60.7 Å². The van der Waals surface area contributed by atoms with Gasteiger partial charge in [-0.05, 0) is 61.5 Å². The maximum absolute atomic E-state index is 13.0. The second kappa shape index (κ2) is 7.18. The maximum atomic E-state index is 13.0. The zero-order chi connectivity index (χ0) is 22.7. The highest BCUT2D eigenvalue weighted by atomic mass is 16.5. The van der Waals surface area contributed by atoms with Gasteiger partial charge in [-0.15, -0.1) is 0 Å². The van der Waals surface area contributed by atoms with E-state index in [1.165, 1.54) is 5.56 Å². The molecule has 6 heteroatoms. The molecule has 2 aliphatic rings. The normalized spacial score (nSPS) is 21.0. The highest BCUT2D eigenvalue weighted by molar-refractivity contribution is 6.10. The number of rotatable bonds is 5. The van der Waals surface area contributed by atoms with Crippen molar-refractivity contribution in [2.24, 2.45) is 0 Å². The summed E-state index contributed by atoms with van der Waals surface area (Å²) in [5.41, 5.74) is 6.91. The van der Waals surface area contributed by atoms with Gasteiger partial charge in [-0.1, -0.05) is 36.4 Å². The van der Waals surface area contributed by atoms with Crippen molar-refractivity contribution >= 4 is 22.5 Å². The molecule has 1 amide bonds. The number of fused-ring (bicyclic) bond motifs is 3. The smallest absolute Gasteiger partial charge is 0.235 e. The first-order chi connectivity index (χ1) is 16.0. The van der Waals surface area contributed by atoms with Crippen LogP contribution in [0.1, 0.15) is 29.0 Å². The van der Waals surface area contributed by atoms with E-state index in [1.807, 2.05) is 18.2 Å². The van der Waals surface area contributed by atoms with E-state index >= 15 is 0 Å². The number of ether oxygens (including phenoxy) is 1. The summed E-state index contributed by atoms with van der Waals surface area (Å²) in [7, 11) is 5.80. The molecule has 1 saturated carbocycles. The molecule has 1 aliphatic carbocycles. The van der Waals surface area contributed by atoms with Crippen LogP contribution < -0.4 is 10.1 Å². The number of hydrogen-bond acceptors (Lipinski definition) is 4. The van der Waals surface area contributed by atoms with E-state index < -0.39 is 5.41 Å². The van der Waals surface area contributed by atoms with Crippen LogP contribution in [0.25, 0.3) is 22.2 Å². The number of anilines is 1. The molecule has 1 unspecified atom stereocenters. The van der Waals surface area contributed by atoms with Gasteiger partial charge in [0.2, 0.25) is 5.91 Å². The van der Waals surface area contributed by atoms with Crippen molar-refractivity contribution in [2.45, 2.75) is 24.3 Å². The number of nitrogens with zero attached hydrogens (tertiary/aromatic N) is 2. The van der Waals surface area contributed by atoms with Gasteiger partial charge < -0.3 is 15.0 Å². The van der Waals surface area contributed by atoms with E-state index in [-0.39, 0.29) is 11.8 Å². The third-order valence-corrected chi connectivity index (χ3v) is 7.04. The Kier molecular flexibility index (Phi) is 4.35. The van der Waals surface area contributed by atoms with Crippen molar-refractivity contribution in [2.75, 3.05) is 26.5 Å². The van der Waals surface area contributed by atoms with Gasteiger partial charge in [0.15, 0.2) is 0 Å². The second-order valence-corrected chi connectivity index (χ2v) is 9.41. The minimum Gasteiger partial charge on any atom is -0.497 e. The van der Waals surface area contributed by atoms with Crippen LogP contribution in [0.5, 0.6) is 5.75 Å². The molecule has 2 heterocycles. The number of hydrogen-bond donors (Lipinski definition) is 2. The minimum atomic E-state index is -0.497. The van der Waals surface area contributed by atoms with Gasteiger partial charge in [-0.2, -0.15) is 5.10 Å². The Morgan fingerprint density at radius 1 is 1.09 bits per heavy atom. The fourth-order valence-electron chi connectivity index (χ4n) is 5.31. The van der Waals surface area contributed by atoms with Gasteiger partial charge in [0.25, 0.3) is 0 Å². The lowest BCUT2D eigenvalue weighted by Gasteiger charge is -2.10. The summed E-state index contributed by atoms with van der Waals surface area (Å²) in [5, 5.41) is 12.0. The lowest BCUT2D eigenvalue weighted by molar-refractivity contribution is -0.118. The summed E-state index contributed by atoms with van der Waals surface area (Å²) in [5.74, 6) is 1.01. The third-order valence-electron chi connectivity index (χ3n) is 7.04. The van der Waals surface area contributed by atoms with E-state index in [4.69, 9.17) is 4.74 Å². The number of amides is 1. The number of carbonyl (C=O) groups excluding carboxylic acids is 1. The lowest BCUT2D eigenvalue weighted by atomic mass is 9.91. The Hall–Kier alpha value is -3.64. The van der Waals surface area contributed by atoms with E-state index in [0.29, 0.717) is 0 Å². The third kappa shape index (κ3) is 3.05. The molecule has 1 aliphatic heterocycles. The van der Waals surface area contributed by atoms with E-state index in [9.17, 15) is 4.79 Å². The molecule has 6 nitrogen and oxygen atoms in total. The highest BCUT2D eigenvalue weighted by Gasteiger charge is 2.65. The van der Waals surface area contributed by atoms with Gasteiger partial charge in [0, 0.05) is 29.1 Å². The van der Waals surface area contributed by atoms with Gasteiger partial charge in [0.1, 0.15) is 5.75 Å². The van der Waals surface area contributed by atoms with Gasteiger partial charge >= 0.3 is 0 Å². The number of aromatic nitrogens is 2. The molecular weight excluding hydrogens is 412 g/mol. The molecule has 0 bridgehead atoms. The summed E-state index contributed by atoms with van der Waals surface area (Å²) >= 11 is 0. The van der Waals surface area contributed by atoms with Crippen LogP contribution in [0.3, 0.4) is 0 Å². The molecule has 1 fully saturated rings. The van der Waals surface area contributed by atoms with Crippen LogP contribution in [0.2, 0.25) is 0 Å². The van der Waals surface area contributed by atoms with Gasteiger partial charge in [-0.25, -0.2) is 0 Å². The van der Waals surface area contributed by atoms with Crippen LogP contribution in [0, 0.1) is 0 Å². The Morgan fingerprint density at radius 2 is 1.91 bits per heavy atom. The van der Waals surface area contributed by atoms with E-state index in [1.54, 1.807) is 7.11 Å². The van der Waals surface area contributed by atoms with Crippen molar-refractivity contribution in [1.82, 2.24) is 15.1 Å². The molecule has 0 radical (unpaired) electrons. The van der Waals surface area contributed by atoms with Gasteiger partial charge in [-0.3, -0.25) is 9.89 Å². The standard InChI is InChI=1S/C27H26N4O2/c1-31(2)15-16-4-6-17(7-5-16)25-20-10-8-18(12-24(20)29-30-25)22-14-27(22)21-13-19(33-3)9-11-23(21)28-26(27)32/h4-13,22H,14-15H2,1-3H3,(H,28,32)(H,29,30)/t22-,27?/m0/s1. The van der Waals surface area contributed by atoms with Gasteiger partial charge in [0.05, 0.1) is 23.7 Å². The van der Waals surface area contributed by atoms with Crippen LogP contribution in [0.4, 0.5) is 5.69 Å². The van der Waals surface area contributed by atoms with Crippen molar-refractivity contribution in [3.05, 3.63) is 77.4 Å². The molecule has 1 spiro atoms. The molecule has 6 rings (SSSR count). The van der Waals surface area contributed by atoms with Crippen molar-refractivity contribution < 1.29 is 9.53 Å². The molecule has 2 atom stereocenters. The molecular formula is C27H26N4O2. The molecule has 2 N–H and O–H groups in total. The number of benzene rings is 3. The zero-order valence-corrected chi connectivity index (χ0v) is 19.0. The zero-order valence-electron chi connectivity index (χ0n) is 19.0. The minimum absolute atomic E-state index is 0.0824. The molecule has 3 aromatic carbocycles. The Balaban J connectivity index is 1.32. The average molecular weight is 439 g/mol. The molecule has 4 aromatic rings. The molecule has 1 aromatic heterocycles. The van der Waals surface area contributed by atoms with Crippen LogP contribution in [-0.2, 0) is 16.8 Å². The fraction of sp³-hybridized carbons (Fsp3) is 0.259. The predicted octanol–water partition coefficient (Wildman–Crippen LogP) is 4.68. The quantitative estimate of drug-likeness (QED) is 0.475. The van der Waals surface area contributed by atoms with E-state index in [0.717, 1.165) is 57.7 Å². The summed E-state index contributed by atoms with van der Waals surface area (Å²) < 4.78 is 5.41. The number of aromatic amines is 1. The Labute approximate surface area is 192 Å². The number of nitrogens with one attached hydrogen (secondary N) is 2. The first kappa shape index (κ1) is 20.0. The predicted molar refractivity (Wildman–Crippen MR) is 130 cm³/mol. The highest BCUT2D eigenvalue weighted by Crippen LogP contribution is 2.65. The summed E-state index contributed by atoms with van der Waals surface area (Å²) in [6.07, 6.45) is 0.804. The van der Waals surface area contributed by atoms with Crippen molar-refractivity contribution in [3.63, 3.8) is 0 Å². The topological polar surface area (TPSA) is 70.2 Å². The van der Waals surface area contributed by atoms with Crippen molar-refractivity contribution in [3.8, 4) is 17.0 Å². The second-order valence-electron chi connectivity index (χ2n) is 9.41. The summed E-state index contributed by atoms with van der Waals surface area (Å²) in [6.45, 7) is 0.913. The molecule has 0 saturated heterocycles. The Morgan fingerprint density at radius 3 is 2.67 bits per heavy atom. The first-order valence-corrected chi connectivity index (χ1v) is 11.2. The number of carbonyl (C=O) groups is 1. The summed E-state index contributed by atoms with van der Waals surface area (Å²) in [6, 6.07) is 20.8. The average Bonchev–Trinajstić information content (AvgIpc) is 3.34. The molecule has 33 heavy (non-hydrogen) atoms. The SMILES string of the molecule is COc1ccc2c(c1)C1(C[C@H]1c1ccc3c(-c4ccc(CN(C)C)cc4)n[nH]c3c1)C(=O)N2. The van der Waals surface area contributed by atoms with Crippen LogP contribution >= 0.6 is 0 Å². The maximum Gasteiger partial charge on any atom is 0.235 e. The number of methoxy groups -OCH3 is 1. The largest absolute Gasteiger partial charge is 0.497 e. The fourth-order valence-corrected chi connectivity index (χ4v) is 5.31. The lowest BCUT2D eigenvalue weighted by Crippen LogP contribution is -2.21.